The second-order valence-electron chi connectivity index (χ2n) is 5.31. The third-order valence-corrected chi connectivity index (χ3v) is 3.41. The Morgan fingerprint density at radius 2 is 1.88 bits per heavy atom. The topological polar surface area (TPSA) is 77.4 Å². The second-order valence-corrected chi connectivity index (χ2v) is 5.31. The maximum atomic E-state index is 12.7. The van der Waals surface area contributed by atoms with E-state index in [1.165, 1.54) is 36.0 Å². The summed E-state index contributed by atoms with van der Waals surface area (Å²) in [5.74, 6) is -2.70. The number of ketones is 1. The molecule has 0 aliphatic rings. The number of ether oxygens (including phenoxy) is 1. The van der Waals surface area contributed by atoms with E-state index in [9.17, 15) is 27.6 Å². The fraction of sp³-hybridized carbons (Fsp3) is 0.235. The van der Waals surface area contributed by atoms with Crippen LogP contribution >= 0.6 is 0 Å². The number of hydrogen-bond donors (Lipinski definition) is 1. The van der Waals surface area contributed by atoms with E-state index in [0.29, 0.717) is 0 Å². The molecule has 0 aliphatic carbocycles. The van der Waals surface area contributed by atoms with Crippen molar-refractivity contribution in [2.45, 2.75) is 13.1 Å². The van der Waals surface area contributed by atoms with Crippen LogP contribution in [-0.2, 0) is 22.8 Å². The molecule has 0 unspecified atom stereocenters. The lowest BCUT2D eigenvalue weighted by molar-refractivity contribution is -0.138. The fourth-order valence-electron chi connectivity index (χ4n) is 2.20. The summed E-state index contributed by atoms with van der Waals surface area (Å²) in [6, 6.07) is 5.32. The molecule has 2 rings (SSSR count). The van der Waals surface area contributed by atoms with E-state index in [2.05, 4.69) is 10.1 Å². The molecule has 0 bridgehead atoms. The zero-order valence-electron chi connectivity index (χ0n) is 13.9. The van der Waals surface area contributed by atoms with Gasteiger partial charge in [-0.05, 0) is 31.2 Å². The van der Waals surface area contributed by atoms with Crippen LogP contribution in [0.3, 0.4) is 0 Å². The first-order valence-electron chi connectivity index (χ1n) is 7.50. The summed E-state index contributed by atoms with van der Waals surface area (Å²) in [5.41, 5.74) is -1.01. The molecule has 1 amide bonds. The van der Waals surface area contributed by atoms with Gasteiger partial charge in [-0.3, -0.25) is 9.59 Å². The average Bonchev–Trinajstić information content (AvgIpc) is 2.95. The number of Topliss-reactive ketones (excluding diaryl/α,β-unsaturated/α-hetero) is 1. The van der Waals surface area contributed by atoms with Gasteiger partial charge in [0.05, 0.1) is 12.2 Å². The van der Waals surface area contributed by atoms with Gasteiger partial charge in [0.25, 0.3) is 11.7 Å². The van der Waals surface area contributed by atoms with E-state index in [-0.39, 0.29) is 23.6 Å². The van der Waals surface area contributed by atoms with Gasteiger partial charge in [-0.2, -0.15) is 13.2 Å². The lowest BCUT2D eigenvalue weighted by Gasteiger charge is -2.10. The van der Waals surface area contributed by atoms with E-state index in [1.54, 1.807) is 6.92 Å². The number of aryl methyl sites for hydroxylation is 1. The Kier molecular flexibility index (Phi) is 5.49. The summed E-state index contributed by atoms with van der Waals surface area (Å²) < 4.78 is 44.1. The summed E-state index contributed by atoms with van der Waals surface area (Å²) >= 11 is 0. The molecule has 1 N–H and O–H groups in total. The van der Waals surface area contributed by atoms with Crippen LogP contribution in [0.5, 0.6) is 0 Å². The number of rotatable bonds is 5. The Morgan fingerprint density at radius 3 is 2.50 bits per heavy atom. The number of esters is 1. The van der Waals surface area contributed by atoms with Crippen LogP contribution in [0.25, 0.3) is 0 Å². The minimum atomic E-state index is -4.54. The van der Waals surface area contributed by atoms with Gasteiger partial charge < -0.3 is 14.6 Å². The SMILES string of the molecule is CCOC(=O)C(=O)c1cc(C(=O)Nc2cccc(C(F)(F)F)c2)n(C)c1. The first kappa shape index (κ1) is 19.2. The number of nitrogens with one attached hydrogen (secondary N) is 1. The van der Waals surface area contributed by atoms with Crippen molar-refractivity contribution in [1.82, 2.24) is 4.57 Å². The van der Waals surface area contributed by atoms with Crippen LogP contribution in [0.4, 0.5) is 18.9 Å². The number of amides is 1. The molecule has 138 valence electrons. The summed E-state index contributed by atoms with van der Waals surface area (Å²) in [5, 5.41) is 2.33. The van der Waals surface area contributed by atoms with Gasteiger partial charge in [-0.25, -0.2) is 4.79 Å². The molecular formula is C17H15F3N2O4. The Balaban J connectivity index is 2.21. The Labute approximate surface area is 146 Å². The molecule has 0 saturated carbocycles. The highest BCUT2D eigenvalue weighted by molar-refractivity contribution is 6.40. The maximum Gasteiger partial charge on any atom is 0.416 e. The molecule has 0 radical (unpaired) electrons. The predicted molar refractivity (Wildman–Crippen MR) is 85.8 cm³/mol. The highest BCUT2D eigenvalue weighted by Gasteiger charge is 2.30. The number of carbonyl (C=O) groups is 3. The van der Waals surface area contributed by atoms with E-state index in [4.69, 9.17) is 0 Å². The van der Waals surface area contributed by atoms with E-state index in [1.807, 2.05) is 0 Å². The van der Waals surface area contributed by atoms with Crippen molar-refractivity contribution >= 4 is 23.3 Å². The number of aromatic nitrogens is 1. The summed E-state index contributed by atoms with van der Waals surface area (Å²) in [7, 11) is 1.46. The molecule has 0 saturated heterocycles. The Bertz CT molecular complexity index is 856. The van der Waals surface area contributed by atoms with Crippen LogP contribution in [0.1, 0.15) is 33.3 Å². The standard InChI is InChI=1S/C17H15F3N2O4/c1-3-26-16(25)14(23)10-7-13(22(2)9-10)15(24)21-12-6-4-5-11(8-12)17(18,19)20/h4-9H,3H2,1-2H3,(H,21,24). The van der Waals surface area contributed by atoms with Crippen molar-refractivity contribution in [3.05, 3.63) is 53.3 Å². The Morgan fingerprint density at radius 1 is 1.19 bits per heavy atom. The van der Waals surface area contributed by atoms with Crippen molar-refractivity contribution in [1.29, 1.82) is 0 Å². The highest BCUT2D eigenvalue weighted by atomic mass is 19.4. The summed E-state index contributed by atoms with van der Waals surface area (Å²) in [6.07, 6.45) is -3.27. The zero-order chi connectivity index (χ0) is 19.5. The van der Waals surface area contributed by atoms with Gasteiger partial charge >= 0.3 is 12.1 Å². The van der Waals surface area contributed by atoms with Gasteiger partial charge in [-0.15, -0.1) is 0 Å². The largest absolute Gasteiger partial charge is 0.460 e. The third-order valence-electron chi connectivity index (χ3n) is 3.41. The van der Waals surface area contributed by atoms with Gasteiger partial charge in [0.15, 0.2) is 0 Å². The average molecular weight is 368 g/mol. The van der Waals surface area contributed by atoms with Crippen LogP contribution in [0.15, 0.2) is 36.5 Å². The maximum absolute atomic E-state index is 12.7. The zero-order valence-corrected chi connectivity index (χ0v) is 13.9. The first-order valence-corrected chi connectivity index (χ1v) is 7.50. The fourth-order valence-corrected chi connectivity index (χ4v) is 2.20. The van der Waals surface area contributed by atoms with Crippen LogP contribution in [0.2, 0.25) is 0 Å². The molecule has 2 aromatic rings. The molecule has 0 atom stereocenters. The molecular weight excluding hydrogens is 353 g/mol. The van der Waals surface area contributed by atoms with Crippen LogP contribution in [-0.4, -0.2) is 28.8 Å². The van der Waals surface area contributed by atoms with Crippen molar-refractivity contribution in [2.24, 2.45) is 7.05 Å². The van der Waals surface area contributed by atoms with Gasteiger partial charge in [0.2, 0.25) is 0 Å². The summed E-state index contributed by atoms with van der Waals surface area (Å²) in [6.45, 7) is 1.57. The van der Waals surface area contributed by atoms with Crippen molar-refractivity contribution in [2.75, 3.05) is 11.9 Å². The minimum Gasteiger partial charge on any atom is -0.460 e. The molecule has 0 fully saturated rings. The normalized spacial score (nSPS) is 11.1. The lowest BCUT2D eigenvalue weighted by atomic mass is 10.2. The highest BCUT2D eigenvalue weighted by Crippen LogP contribution is 2.30. The van der Waals surface area contributed by atoms with Crippen molar-refractivity contribution < 1.29 is 32.3 Å². The monoisotopic (exact) mass is 368 g/mol. The minimum absolute atomic E-state index is 0.00457. The smallest absolute Gasteiger partial charge is 0.416 e. The first-order chi connectivity index (χ1) is 12.1. The van der Waals surface area contributed by atoms with E-state index >= 15 is 0 Å². The number of halogens is 3. The van der Waals surface area contributed by atoms with Crippen LogP contribution in [0, 0.1) is 0 Å². The van der Waals surface area contributed by atoms with Crippen molar-refractivity contribution in [3.8, 4) is 0 Å². The molecule has 9 heteroatoms. The van der Waals surface area contributed by atoms with Crippen LogP contribution < -0.4 is 5.32 Å². The number of carbonyl (C=O) groups excluding carboxylic acids is 3. The third kappa shape index (κ3) is 4.29. The number of hydrogen-bond acceptors (Lipinski definition) is 4. The van der Waals surface area contributed by atoms with E-state index < -0.39 is 29.4 Å². The quantitative estimate of drug-likeness (QED) is 0.500. The molecule has 0 aliphatic heterocycles. The lowest BCUT2D eigenvalue weighted by Crippen LogP contribution is -2.17. The molecule has 0 spiro atoms. The van der Waals surface area contributed by atoms with Gasteiger partial charge in [0.1, 0.15) is 5.69 Å². The second kappa shape index (κ2) is 7.42. The number of nitrogens with zero attached hydrogens (tertiary/aromatic N) is 1. The molecule has 26 heavy (non-hydrogen) atoms. The van der Waals surface area contributed by atoms with Gasteiger partial charge in [0, 0.05) is 24.5 Å². The number of anilines is 1. The predicted octanol–water partition coefficient (Wildman–Crippen LogP) is 3.04. The van der Waals surface area contributed by atoms with Crippen molar-refractivity contribution in [3.63, 3.8) is 0 Å². The Hall–Kier alpha value is -3.10. The van der Waals surface area contributed by atoms with E-state index in [0.717, 1.165) is 12.1 Å². The molecule has 6 nitrogen and oxygen atoms in total. The molecule has 1 heterocycles. The van der Waals surface area contributed by atoms with Gasteiger partial charge in [-0.1, -0.05) is 6.07 Å². The molecule has 1 aromatic carbocycles. The number of alkyl halides is 3. The number of benzene rings is 1. The summed E-state index contributed by atoms with van der Waals surface area (Å²) in [4.78, 5) is 35.6. The molecule has 1 aromatic heterocycles.